The molecule has 2 aromatic rings. The molecule has 3 rings (SSSR count). The molecule has 152 valence electrons. The molecule has 0 saturated carbocycles. The maximum absolute atomic E-state index is 12.3. The fraction of sp³-hybridized carbons (Fsp3) is 0.429. The number of piperidine rings is 1. The van der Waals surface area contributed by atoms with E-state index in [0.29, 0.717) is 35.4 Å². The third-order valence-electron chi connectivity index (χ3n) is 4.58. The summed E-state index contributed by atoms with van der Waals surface area (Å²) >= 11 is 6.24. The number of ether oxygens (including phenoxy) is 1. The summed E-state index contributed by atoms with van der Waals surface area (Å²) in [6.45, 7) is 6.87. The van der Waals surface area contributed by atoms with Crippen molar-refractivity contribution in [2.75, 3.05) is 18.4 Å². The second-order valence-electron chi connectivity index (χ2n) is 8.02. The van der Waals surface area contributed by atoms with E-state index in [-0.39, 0.29) is 12.0 Å². The Morgan fingerprint density at radius 1 is 1.28 bits per heavy atom. The number of aromatic nitrogens is 2. The highest BCUT2D eigenvalue weighted by molar-refractivity contribution is 6.29. The van der Waals surface area contributed by atoms with Gasteiger partial charge in [0.1, 0.15) is 22.4 Å². The fourth-order valence-electron chi connectivity index (χ4n) is 3.24. The number of nitrogens with one attached hydrogen (secondary N) is 1. The molecule has 1 fully saturated rings. The molecule has 1 aliphatic rings. The minimum atomic E-state index is -0.496. The summed E-state index contributed by atoms with van der Waals surface area (Å²) in [5.41, 5.74) is 1.08. The fourth-order valence-corrected chi connectivity index (χ4v) is 3.46. The number of carbonyl (C=O) groups is 1. The Hall–Kier alpha value is -2.85. The Morgan fingerprint density at radius 3 is 2.66 bits per heavy atom. The van der Waals surface area contributed by atoms with Crippen LogP contribution in [0.3, 0.4) is 0 Å². The Kier molecular flexibility index (Phi) is 6.23. The Bertz CT molecular complexity index is 927. The summed E-state index contributed by atoms with van der Waals surface area (Å²) in [4.78, 5) is 22.5. The number of nitrogens with zero attached hydrogens (tertiary/aromatic N) is 4. The Balaban J connectivity index is 1.67. The first-order valence-electron chi connectivity index (χ1n) is 9.52. The van der Waals surface area contributed by atoms with Crippen molar-refractivity contribution in [3.05, 3.63) is 46.7 Å². The molecule has 0 bridgehead atoms. The van der Waals surface area contributed by atoms with Gasteiger partial charge in [-0.05, 0) is 69.4 Å². The molecule has 0 aromatic carbocycles. The molecular formula is C21H24ClN5O2. The lowest BCUT2D eigenvalue weighted by Crippen LogP contribution is -2.41. The van der Waals surface area contributed by atoms with Crippen molar-refractivity contribution in [1.82, 2.24) is 14.9 Å². The SMILES string of the molecule is CC(C)(C)OC(=O)N1CCC(c2cc(Cl)nc(Nc3cc(C#N)ccn3)c2)CC1. The van der Waals surface area contributed by atoms with Crippen molar-refractivity contribution >= 4 is 29.3 Å². The molecule has 0 radical (unpaired) electrons. The Morgan fingerprint density at radius 2 is 2.00 bits per heavy atom. The first-order valence-corrected chi connectivity index (χ1v) is 9.90. The van der Waals surface area contributed by atoms with E-state index in [2.05, 4.69) is 21.4 Å². The molecular weight excluding hydrogens is 390 g/mol. The van der Waals surface area contributed by atoms with Crippen LogP contribution in [0, 0.1) is 11.3 Å². The van der Waals surface area contributed by atoms with Crippen LogP contribution in [-0.2, 0) is 4.74 Å². The van der Waals surface area contributed by atoms with Gasteiger partial charge in [-0.15, -0.1) is 0 Å². The number of anilines is 2. The average molecular weight is 414 g/mol. The van der Waals surface area contributed by atoms with Crippen molar-refractivity contribution in [2.45, 2.75) is 45.1 Å². The van der Waals surface area contributed by atoms with Gasteiger partial charge >= 0.3 is 6.09 Å². The van der Waals surface area contributed by atoms with Crippen molar-refractivity contribution in [1.29, 1.82) is 5.26 Å². The van der Waals surface area contributed by atoms with Gasteiger partial charge in [-0.3, -0.25) is 0 Å². The molecule has 1 aliphatic heterocycles. The van der Waals surface area contributed by atoms with Gasteiger partial charge in [0.25, 0.3) is 0 Å². The highest BCUT2D eigenvalue weighted by Gasteiger charge is 2.27. The van der Waals surface area contributed by atoms with E-state index in [9.17, 15) is 4.79 Å². The van der Waals surface area contributed by atoms with Crippen molar-refractivity contribution in [3.8, 4) is 6.07 Å². The predicted octanol–water partition coefficient (Wildman–Crippen LogP) is 4.86. The highest BCUT2D eigenvalue weighted by atomic mass is 35.5. The highest BCUT2D eigenvalue weighted by Crippen LogP contribution is 2.31. The van der Waals surface area contributed by atoms with Gasteiger partial charge in [0.05, 0.1) is 11.6 Å². The molecule has 0 unspecified atom stereocenters. The van der Waals surface area contributed by atoms with Gasteiger partial charge in [-0.2, -0.15) is 5.26 Å². The summed E-state index contributed by atoms with van der Waals surface area (Å²) in [6.07, 6.45) is 2.94. The van der Waals surface area contributed by atoms with Crippen LogP contribution in [0.2, 0.25) is 5.15 Å². The van der Waals surface area contributed by atoms with E-state index in [1.54, 1.807) is 23.2 Å². The molecule has 2 aromatic heterocycles. The van der Waals surface area contributed by atoms with Gasteiger partial charge in [0.15, 0.2) is 0 Å². The lowest BCUT2D eigenvalue weighted by atomic mass is 9.90. The van der Waals surface area contributed by atoms with Gasteiger partial charge in [-0.25, -0.2) is 14.8 Å². The lowest BCUT2D eigenvalue weighted by Gasteiger charge is -2.33. The number of rotatable bonds is 3. The maximum Gasteiger partial charge on any atom is 0.410 e. The number of likely N-dealkylation sites (tertiary alicyclic amines) is 1. The second-order valence-corrected chi connectivity index (χ2v) is 8.40. The molecule has 0 spiro atoms. The lowest BCUT2D eigenvalue weighted by molar-refractivity contribution is 0.0205. The van der Waals surface area contributed by atoms with Crippen LogP contribution in [0.25, 0.3) is 0 Å². The molecule has 0 aliphatic carbocycles. The number of hydrogen-bond acceptors (Lipinski definition) is 6. The molecule has 29 heavy (non-hydrogen) atoms. The summed E-state index contributed by atoms with van der Waals surface area (Å²) < 4.78 is 5.46. The summed E-state index contributed by atoms with van der Waals surface area (Å²) in [7, 11) is 0. The van der Waals surface area contributed by atoms with Crippen LogP contribution in [0.15, 0.2) is 30.5 Å². The molecule has 3 heterocycles. The molecule has 0 atom stereocenters. The van der Waals surface area contributed by atoms with E-state index in [0.717, 1.165) is 18.4 Å². The van der Waals surface area contributed by atoms with Gasteiger partial charge < -0.3 is 15.0 Å². The average Bonchev–Trinajstić information content (AvgIpc) is 2.66. The second kappa shape index (κ2) is 8.66. The standard InChI is InChI=1S/C21H24ClN5O2/c1-21(2,3)29-20(28)27-8-5-15(6-9-27)16-11-17(22)25-19(12-16)26-18-10-14(13-23)4-7-24-18/h4,7,10-12,15H,5-6,8-9H2,1-3H3,(H,24,25,26). The third kappa shape index (κ3) is 5.81. The summed E-state index contributed by atoms with van der Waals surface area (Å²) in [5, 5.41) is 12.5. The van der Waals surface area contributed by atoms with E-state index >= 15 is 0 Å². The minimum absolute atomic E-state index is 0.269. The van der Waals surface area contributed by atoms with Crippen LogP contribution >= 0.6 is 11.6 Å². The molecule has 1 amide bonds. The van der Waals surface area contributed by atoms with Crippen molar-refractivity contribution < 1.29 is 9.53 Å². The number of halogens is 1. The molecule has 8 heteroatoms. The topological polar surface area (TPSA) is 91.1 Å². The van der Waals surface area contributed by atoms with Crippen LogP contribution < -0.4 is 5.32 Å². The third-order valence-corrected chi connectivity index (χ3v) is 4.77. The van der Waals surface area contributed by atoms with Gasteiger partial charge in [0, 0.05) is 19.3 Å². The van der Waals surface area contributed by atoms with Crippen molar-refractivity contribution in [3.63, 3.8) is 0 Å². The molecule has 7 nitrogen and oxygen atoms in total. The Labute approximate surface area is 175 Å². The van der Waals surface area contributed by atoms with Crippen LogP contribution in [-0.4, -0.2) is 39.7 Å². The zero-order valence-electron chi connectivity index (χ0n) is 16.8. The number of pyridine rings is 2. The predicted molar refractivity (Wildman–Crippen MR) is 111 cm³/mol. The summed E-state index contributed by atoms with van der Waals surface area (Å²) in [5.74, 6) is 1.38. The first kappa shape index (κ1) is 20.9. The van der Waals surface area contributed by atoms with E-state index in [1.165, 1.54) is 0 Å². The van der Waals surface area contributed by atoms with Crippen molar-refractivity contribution in [2.24, 2.45) is 0 Å². The van der Waals surface area contributed by atoms with Crippen LogP contribution in [0.1, 0.15) is 50.7 Å². The number of carbonyl (C=O) groups excluding carboxylic acids is 1. The number of hydrogen-bond donors (Lipinski definition) is 1. The normalized spacial score (nSPS) is 14.9. The monoisotopic (exact) mass is 413 g/mol. The largest absolute Gasteiger partial charge is 0.444 e. The van der Waals surface area contributed by atoms with Crippen LogP contribution in [0.5, 0.6) is 0 Å². The molecule has 1 N–H and O–H groups in total. The number of amides is 1. The maximum atomic E-state index is 12.3. The summed E-state index contributed by atoms with van der Waals surface area (Å²) in [6, 6.07) is 9.19. The van der Waals surface area contributed by atoms with Gasteiger partial charge in [0.2, 0.25) is 0 Å². The molecule has 1 saturated heterocycles. The van der Waals surface area contributed by atoms with E-state index < -0.39 is 5.60 Å². The first-order chi connectivity index (χ1) is 13.7. The van der Waals surface area contributed by atoms with Gasteiger partial charge in [-0.1, -0.05) is 11.6 Å². The number of nitriles is 1. The zero-order chi connectivity index (χ0) is 21.0. The smallest absolute Gasteiger partial charge is 0.410 e. The minimum Gasteiger partial charge on any atom is -0.444 e. The van der Waals surface area contributed by atoms with Crippen LogP contribution in [0.4, 0.5) is 16.4 Å². The quantitative estimate of drug-likeness (QED) is 0.722. The van der Waals surface area contributed by atoms with E-state index in [4.69, 9.17) is 21.6 Å². The van der Waals surface area contributed by atoms with E-state index in [1.807, 2.05) is 32.9 Å². The zero-order valence-corrected chi connectivity index (χ0v) is 17.5.